The maximum absolute atomic E-state index is 13.2. The zero-order valence-corrected chi connectivity index (χ0v) is 12.7. The molecule has 108 valence electrons. The van der Waals surface area contributed by atoms with Crippen molar-refractivity contribution in [2.24, 2.45) is 5.92 Å². The first kappa shape index (κ1) is 13.9. The molecule has 1 nitrogen and oxygen atoms in total. The molecule has 0 radical (unpaired) electrons. The lowest BCUT2D eigenvalue weighted by Crippen LogP contribution is -2.31. The highest BCUT2D eigenvalue weighted by Crippen LogP contribution is 2.39. The van der Waals surface area contributed by atoms with Gasteiger partial charge in [-0.3, -0.25) is 0 Å². The first-order valence-corrected chi connectivity index (χ1v) is 7.40. The third kappa shape index (κ3) is 2.46. The average molecular weight is 281 g/mol. The van der Waals surface area contributed by atoms with Gasteiger partial charge in [0.1, 0.15) is 5.82 Å². The Balaban J connectivity index is 2.21. The van der Waals surface area contributed by atoms with Crippen LogP contribution in [-0.4, -0.2) is 6.04 Å². The molecule has 1 aliphatic rings. The minimum Gasteiger partial charge on any atom is -0.378 e. The summed E-state index contributed by atoms with van der Waals surface area (Å²) in [6.07, 6.45) is 0. The van der Waals surface area contributed by atoms with Gasteiger partial charge in [-0.2, -0.15) is 0 Å². The van der Waals surface area contributed by atoms with E-state index in [0.29, 0.717) is 12.0 Å². The van der Waals surface area contributed by atoms with Crippen LogP contribution in [0.5, 0.6) is 0 Å². The SMILES string of the molecule is CC1=C(c2ccc(F)cc2)c2ccccc2NC1C(C)C. The lowest BCUT2D eigenvalue weighted by molar-refractivity contribution is 0.577. The molecule has 3 rings (SSSR count). The number of benzene rings is 2. The van der Waals surface area contributed by atoms with Crippen molar-refractivity contribution < 1.29 is 4.39 Å². The third-order valence-corrected chi connectivity index (χ3v) is 4.17. The van der Waals surface area contributed by atoms with Gasteiger partial charge in [-0.15, -0.1) is 0 Å². The fraction of sp³-hybridized carbons (Fsp3) is 0.263. The number of hydrogen-bond donors (Lipinski definition) is 1. The molecule has 0 saturated heterocycles. The molecule has 1 N–H and O–H groups in total. The molecule has 0 spiro atoms. The van der Waals surface area contributed by atoms with Gasteiger partial charge in [-0.1, -0.05) is 44.2 Å². The highest BCUT2D eigenvalue weighted by molar-refractivity contribution is 5.91. The predicted molar refractivity (Wildman–Crippen MR) is 86.8 cm³/mol. The molecule has 1 aliphatic heterocycles. The van der Waals surface area contributed by atoms with Crippen molar-refractivity contribution in [1.82, 2.24) is 0 Å². The summed E-state index contributed by atoms with van der Waals surface area (Å²) in [6.45, 7) is 6.61. The summed E-state index contributed by atoms with van der Waals surface area (Å²) in [5.74, 6) is 0.299. The predicted octanol–water partition coefficient (Wildman–Crippen LogP) is 5.10. The molecular weight excluding hydrogens is 261 g/mol. The number of halogens is 1. The van der Waals surface area contributed by atoms with Gasteiger partial charge in [0.15, 0.2) is 0 Å². The van der Waals surface area contributed by atoms with E-state index in [-0.39, 0.29) is 5.82 Å². The van der Waals surface area contributed by atoms with Crippen LogP contribution in [-0.2, 0) is 0 Å². The summed E-state index contributed by atoms with van der Waals surface area (Å²) in [4.78, 5) is 0. The van der Waals surface area contributed by atoms with Crippen LogP contribution >= 0.6 is 0 Å². The molecule has 1 unspecified atom stereocenters. The first-order chi connectivity index (χ1) is 10.1. The van der Waals surface area contributed by atoms with Gasteiger partial charge in [-0.25, -0.2) is 4.39 Å². The Bertz CT molecular complexity index is 683. The zero-order chi connectivity index (χ0) is 15.0. The zero-order valence-electron chi connectivity index (χ0n) is 12.7. The Hall–Kier alpha value is -2.09. The highest BCUT2D eigenvalue weighted by Gasteiger charge is 2.26. The van der Waals surface area contributed by atoms with Gasteiger partial charge in [0.05, 0.1) is 6.04 Å². The van der Waals surface area contributed by atoms with Gasteiger partial charge < -0.3 is 5.32 Å². The summed E-state index contributed by atoms with van der Waals surface area (Å²) < 4.78 is 13.2. The summed E-state index contributed by atoms with van der Waals surface area (Å²) in [7, 11) is 0. The van der Waals surface area contributed by atoms with Crippen LogP contribution in [0.3, 0.4) is 0 Å². The maximum Gasteiger partial charge on any atom is 0.123 e. The summed E-state index contributed by atoms with van der Waals surface area (Å²) in [5.41, 5.74) is 5.96. The monoisotopic (exact) mass is 281 g/mol. The average Bonchev–Trinajstić information content (AvgIpc) is 2.48. The molecule has 1 heterocycles. The van der Waals surface area contributed by atoms with E-state index in [0.717, 1.165) is 11.3 Å². The quantitative estimate of drug-likeness (QED) is 0.807. The molecule has 2 heteroatoms. The number of nitrogens with one attached hydrogen (secondary N) is 1. The Labute approximate surface area is 125 Å². The fourth-order valence-electron chi connectivity index (χ4n) is 3.14. The van der Waals surface area contributed by atoms with Crippen LogP contribution in [0.25, 0.3) is 5.57 Å². The van der Waals surface area contributed by atoms with Crippen LogP contribution in [0, 0.1) is 11.7 Å². The van der Waals surface area contributed by atoms with E-state index in [1.807, 2.05) is 24.3 Å². The Morgan fingerprint density at radius 2 is 1.67 bits per heavy atom. The van der Waals surface area contributed by atoms with E-state index in [4.69, 9.17) is 0 Å². The van der Waals surface area contributed by atoms with Crippen molar-refractivity contribution >= 4 is 11.3 Å². The maximum atomic E-state index is 13.2. The number of fused-ring (bicyclic) bond motifs is 1. The van der Waals surface area contributed by atoms with E-state index < -0.39 is 0 Å². The van der Waals surface area contributed by atoms with Crippen molar-refractivity contribution in [1.29, 1.82) is 0 Å². The first-order valence-electron chi connectivity index (χ1n) is 7.40. The Morgan fingerprint density at radius 1 is 1.00 bits per heavy atom. The van der Waals surface area contributed by atoms with E-state index in [2.05, 4.69) is 38.2 Å². The summed E-state index contributed by atoms with van der Waals surface area (Å²) >= 11 is 0. The lowest BCUT2D eigenvalue weighted by atomic mass is 9.83. The van der Waals surface area contributed by atoms with Crippen molar-refractivity contribution in [3.63, 3.8) is 0 Å². The van der Waals surface area contributed by atoms with E-state index in [1.54, 1.807) is 0 Å². The fourth-order valence-corrected chi connectivity index (χ4v) is 3.14. The summed E-state index contributed by atoms with van der Waals surface area (Å²) in [5, 5.41) is 3.63. The van der Waals surface area contributed by atoms with Crippen LogP contribution in [0.2, 0.25) is 0 Å². The molecule has 0 saturated carbocycles. The number of rotatable bonds is 2. The molecule has 0 bridgehead atoms. The van der Waals surface area contributed by atoms with Gasteiger partial charge in [0.2, 0.25) is 0 Å². The highest BCUT2D eigenvalue weighted by atomic mass is 19.1. The molecule has 0 amide bonds. The third-order valence-electron chi connectivity index (χ3n) is 4.17. The molecule has 2 aromatic rings. The van der Waals surface area contributed by atoms with Crippen molar-refractivity contribution in [2.45, 2.75) is 26.8 Å². The second-order valence-electron chi connectivity index (χ2n) is 5.98. The van der Waals surface area contributed by atoms with Crippen LogP contribution in [0.1, 0.15) is 31.9 Å². The molecule has 1 atom stereocenters. The Kier molecular flexibility index (Phi) is 3.54. The second kappa shape index (κ2) is 5.36. The van der Waals surface area contributed by atoms with Crippen LogP contribution in [0.15, 0.2) is 54.1 Å². The normalized spacial score (nSPS) is 17.7. The molecule has 0 fully saturated rings. The minimum atomic E-state index is -0.195. The number of anilines is 1. The lowest BCUT2D eigenvalue weighted by Gasteiger charge is -2.33. The smallest absolute Gasteiger partial charge is 0.123 e. The molecule has 0 aliphatic carbocycles. The van der Waals surface area contributed by atoms with Gasteiger partial charge in [0, 0.05) is 11.3 Å². The topological polar surface area (TPSA) is 12.0 Å². The molecule has 2 aromatic carbocycles. The standard InChI is InChI=1S/C19H20FN/c1-12(2)19-13(3)18(14-8-10-15(20)11-9-14)16-6-4-5-7-17(16)21-19/h4-12,19,21H,1-3H3. The molecular formula is C19H20FN. The number of para-hydroxylation sites is 1. The Morgan fingerprint density at radius 3 is 2.33 bits per heavy atom. The largest absolute Gasteiger partial charge is 0.378 e. The minimum absolute atomic E-state index is 0.195. The van der Waals surface area contributed by atoms with Gasteiger partial charge in [-0.05, 0) is 47.8 Å². The molecule has 21 heavy (non-hydrogen) atoms. The van der Waals surface area contributed by atoms with Gasteiger partial charge in [0.25, 0.3) is 0 Å². The summed E-state index contributed by atoms with van der Waals surface area (Å²) in [6, 6.07) is 15.4. The number of hydrogen-bond acceptors (Lipinski definition) is 1. The van der Waals surface area contributed by atoms with Crippen LogP contribution < -0.4 is 5.32 Å². The van der Waals surface area contributed by atoms with Crippen LogP contribution in [0.4, 0.5) is 10.1 Å². The van der Waals surface area contributed by atoms with E-state index in [1.165, 1.54) is 28.8 Å². The van der Waals surface area contributed by atoms with Crippen molar-refractivity contribution in [3.8, 4) is 0 Å². The molecule has 0 aromatic heterocycles. The second-order valence-corrected chi connectivity index (χ2v) is 5.98. The van der Waals surface area contributed by atoms with E-state index in [9.17, 15) is 4.39 Å². The van der Waals surface area contributed by atoms with Crippen molar-refractivity contribution in [3.05, 3.63) is 71.0 Å². The van der Waals surface area contributed by atoms with Crippen molar-refractivity contribution in [2.75, 3.05) is 5.32 Å². The van der Waals surface area contributed by atoms with E-state index >= 15 is 0 Å². The van der Waals surface area contributed by atoms with Gasteiger partial charge >= 0.3 is 0 Å².